The minimum Gasteiger partial charge on any atom is -0.475 e. The van der Waals surface area contributed by atoms with E-state index in [2.05, 4.69) is 4.98 Å². The number of nitrogens with zero attached hydrogens (tertiary/aromatic N) is 1. The molecule has 6 heteroatoms. The second-order valence-corrected chi connectivity index (χ2v) is 6.07. The van der Waals surface area contributed by atoms with Gasteiger partial charge in [0.1, 0.15) is 0 Å². The van der Waals surface area contributed by atoms with Crippen molar-refractivity contribution in [1.82, 2.24) is 4.98 Å². The van der Waals surface area contributed by atoms with Gasteiger partial charge >= 0.3 is 5.97 Å². The lowest BCUT2D eigenvalue weighted by molar-refractivity contribution is -0.146. The van der Waals surface area contributed by atoms with Crippen molar-refractivity contribution >= 4 is 57.5 Å². The van der Waals surface area contributed by atoms with Gasteiger partial charge in [-0.2, -0.15) is 0 Å². The van der Waals surface area contributed by atoms with Gasteiger partial charge in [-0.05, 0) is 35.9 Å². The topological polar surface area (TPSA) is 67.3 Å². The van der Waals surface area contributed by atoms with Crippen LogP contribution in [0.4, 0.5) is 0 Å². The summed E-state index contributed by atoms with van der Waals surface area (Å²) in [5.74, 6) is -2.60. The number of hydrogen-bond donors (Lipinski definition) is 1. The first-order chi connectivity index (χ1) is 12.0. The standard InChI is InChI=1S/C19H11Cl2NO3/c20-14-7-5-11(10-15(14)21)9-13(18(23)19(24)25)17-8-6-12-3-1-2-4-16(12)22-17/h1-10H,(H,24,25). The van der Waals surface area contributed by atoms with Crippen molar-refractivity contribution in [2.75, 3.05) is 0 Å². The van der Waals surface area contributed by atoms with Gasteiger partial charge in [-0.15, -0.1) is 0 Å². The van der Waals surface area contributed by atoms with E-state index in [1.165, 1.54) is 6.08 Å². The van der Waals surface area contributed by atoms with Crippen molar-refractivity contribution < 1.29 is 14.7 Å². The molecule has 0 aliphatic heterocycles. The Morgan fingerprint density at radius 2 is 1.72 bits per heavy atom. The van der Waals surface area contributed by atoms with Crippen LogP contribution < -0.4 is 0 Å². The molecule has 1 aromatic heterocycles. The van der Waals surface area contributed by atoms with Crippen molar-refractivity contribution in [3.63, 3.8) is 0 Å². The summed E-state index contributed by atoms with van der Waals surface area (Å²) < 4.78 is 0. The molecule has 0 amide bonds. The molecule has 0 bridgehead atoms. The second-order valence-electron chi connectivity index (χ2n) is 5.26. The Morgan fingerprint density at radius 3 is 2.44 bits per heavy atom. The van der Waals surface area contributed by atoms with Crippen LogP contribution in [-0.4, -0.2) is 21.8 Å². The van der Waals surface area contributed by atoms with Gasteiger partial charge in [0.05, 0.1) is 26.8 Å². The number of carboxylic acid groups (broad SMARTS) is 1. The van der Waals surface area contributed by atoms with Crippen molar-refractivity contribution in [2.24, 2.45) is 0 Å². The van der Waals surface area contributed by atoms with Crippen LogP contribution >= 0.6 is 23.2 Å². The zero-order valence-corrected chi connectivity index (χ0v) is 14.3. The van der Waals surface area contributed by atoms with E-state index in [0.29, 0.717) is 21.1 Å². The average Bonchev–Trinajstić information content (AvgIpc) is 2.61. The van der Waals surface area contributed by atoms with Gasteiger partial charge in [0.2, 0.25) is 0 Å². The number of ketones is 1. The predicted octanol–water partition coefficient (Wildman–Crippen LogP) is 4.74. The quantitative estimate of drug-likeness (QED) is 0.531. The maximum Gasteiger partial charge on any atom is 0.377 e. The predicted molar refractivity (Wildman–Crippen MR) is 98.7 cm³/mol. The number of pyridine rings is 1. The maximum absolute atomic E-state index is 12.2. The highest BCUT2D eigenvalue weighted by molar-refractivity contribution is 6.52. The first-order valence-corrected chi connectivity index (χ1v) is 8.02. The molecule has 0 aliphatic rings. The summed E-state index contributed by atoms with van der Waals surface area (Å²) in [6, 6.07) is 15.5. The van der Waals surface area contributed by atoms with Crippen LogP contribution in [0.1, 0.15) is 11.3 Å². The third-order valence-electron chi connectivity index (χ3n) is 3.57. The molecule has 0 atom stereocenters. The van der Waals surface area contributed by atoms with Crippen LogP contribution in [0.5, 0.6) is 0 Å². The molecule has 1 heterocycles. The molecule has 124 valence electrons. The maximum atomic E-state index is 12.2. The molecule has 0 saturated carbocycles. The third kappa shape index (κ3) is 3.71. The molecule has 0 unspecified atom stereocenters. The zero-order chi connectivity index (χ0) is 18.0. The number of benzene rings is 2. The third-order valence-corrected chi connectivity index (χ3v) is 4.31. The highest BCUT2D eigenvalue weighted by Gasteiger charge is 2.21. The van der Waals surface area contributed by atoms with Gasteiger partial charge in [-0.1, -0.05) is 53.5 Å². The molecule has 1 N–H and O–H groups in total. The highest BCUT2D eigenvalue weighted by atomic mass is 35.5. The number of rotatable bonds is 4. The zero-order valence-electron chi connectivity index (χ0n) is 12.7. The lowest BCUT2D eigenvalue weighted by Crippen LogP contribution is -2.15. The summed E-state index contributed by atoms with van der Waals surface area (Å²) in [7, 11) is 0. The number of carboxylic acids is 1. The number of aliphatic carboxylic acids is 1. The van der Waals surface area contributed by atoms with Gasteiger partial charge in [0, 0.05) is 5.39 Å². The second kappa shape index (κ2) is 7.05. The Bertz CT molecular complexity index is 1030. The Morgan fingerprint density at radius 1 is 0.960 bits per heavy atom. The van der Waals surface area contributed by atoms with E-state index in [4.69, 9.17) is 28.3 Å². The lowest BCUT2D eigenvalue weighted by Gasteiger charge is -2.06. The van der Waals surface area contributed by atoms with E-state index in [1.807, 2.05) is 18.2 Å². The summed E-state index contributed by atoms with van der Waals surface area (Å²) in [4.78, 5) is 27.8. The van der Waals surface area contributed by atoms with Gasteiger partial charge in [0.15, 0.2) is 0 Å². The molecule has 4 nitrogen and oxygen atoms in total. The molecule has 0 spiro atoms. The van der Waals surface area contributed by atoms with Crippen molar-refractivity contribution in [3.05, 3.63) is 75.9 Å². The summed E-state index contributed by atoms with van der Waals surface area (Å²) in [5, 5.41) is 10.7. The van der Waals surface area contributed by atoms with Crippen molar-refractivity contribution in [1.29, 1.82) is 0 Å². The molecular formula is C19H11Cl2NO3. The SMILES string of the molecule is O=C(O)C(=O)C(=Cc1ccc(Cl)c(Cl)c1)c1ccc2ccccc2n1. The molecule has 0 radical (unpaired) electrons. The smallest absolute Gasteiger partial charge is 0.377 e. The molecule has 0 aliphatic carbocycles. The minimum atomic E-state index is -1.55. The van der Waals surface area contributed by atoms with Crippen molar-refractivity contribution in [2.45, 2.75) is 0 Å². The Hall–Kier alpha value is -2.69. The number of carbonyl (C=O) groups excluding carboxylic acids is 1. The average molecular weight is 372 g/mol. The van der Waals surface area contributed by atoms with Crippen LogP contribution in [-0.2, 0) is 9.59 Å². The van der Waals surface area contributed by atoms with E-state index in [0.717, 1.165) is 5.39 Å². The normalized spacial score (nSPS) is 11.5. The number of halogens is 2. The number of carbonyl (C=O) groups is 2. The van der Waals surface area contributed by atoms with Crippen LogP contribution in [0, 0.1) is 0 Å². The summed E-state index contributed by atoms with van der Waals surface area (Å²) in [5.41, 5.74) is 1.46. The van der Waals surface area contributed by atoms with Gasteiger partial charge in [-0.25, -0.2) is 9.78 Å². The summed E-state index contributed by atoms with van der Waals surface area (Å²) >= 11 is 11.9. The van der Waals surface area contributed by atoms with Gasteiger partial charge in [-0.3, -0.25) is 4.79 Å². The van der Waals surface area contributed by atoms with Crippen LogP contribution in [0.3, 0.4) is 0 Å². The minimum absolute atomic E-state index is 0.0309. The molecule has 25 heavy (non-hydrogen) atoms. The molecule has 0 saturated heterocycles. The van der Waals surface area contributed by atoms with Crippen LogP contribution in [0.25, 0.3) is 22.6 Å². The van der Waals surface area contributed by atoms with Gasteiger partial charge in [0.25, 0.3) is 5.78 Å². The Balaban J connectivity index is 2.16. The monoisotopic (exact) mass is 371 g/mol. The van der Waals surface area contributed by atoms with E-state index < -0.39 is 11.8 Å². The first-order valence-electron chi connectivity index (χ1n) is 7.26. The van der Waals surface area contributed by atoms with E-state index in [-0.39, 0.29) is 11.3 Å². The van der Waals surface area contributed by atoms with E-state index in [1.54, 1.807) is 36.4 Å². The van der Waals surface area contributed by atoms with Gasteiger partial charge < -0.3 is 5.11 Å². The number of fused-ring (bicyclic) bond motifs is 1. The Kier molecular flexibility index (Phi) is 4.83. The molecule has 3 rings (SSSR count). The summed E-state index contributed by atoms with van der Waals surface area (Å²) in [6.07, 6.45) is 1.44. The number of Topliss-reactive ketones (excluding diaryl/α,β-unsaturated/α-hetero) is 1. The summed E-state index contributed by atoms with van der Waals surface area (Å²) in [6.45, 7) is 0. The van der Waals surface area contributed by atoms with Crippen LogP contribution in [0.15, 0.2) is 54.6 Å². The van der Waals surface area contributed by atoms with Crippen LogP contribution in [0.2, 0.25) is 10.0 Å². The molecular weight excluding hydrogens is 361 g/mol. The molecule has 2 aromatic carbocycles. The first kappa shape index (κ1) is 17.1. The van der Waals surface area contributed by atoms with E-state index in [9.17, 15) is 9.59 Å². The highest BCUT2D eigenvalue weighted by Crippen LogP contribution is 2.26. The molecule has 3 aromatic rings. The number of para-hydroxylation sites is 1. The fourth-order valence-corrected chi connectivity index (χ4v) is 2.66. The molecule has 0 fully saturated rings. The number of aromatic nitrogens is 1. The fourth-order valence-electron chi connectivity index (χ4n) is 2.36. The Labute approximate surface area is 153 Å². The largest absolute Gasteiger partial charge is 0.475 e. The van der Waals surface area contributed by atoms with Crippen molar-refractivity contribution in [3.8, 4) is 0 Å². The number of hydrogen-bond acceptors (Lipinski definition) is 3. The lowest BCUT2D eigenvalue weighted by atomic mass is 10.0. The fraction of sp³-hybridized carbons (Fsp3) is 0. The van der Waals surface area contributed by atoms with E-state index >= 15 is 0 Å².